The van der Waals surface area contributed by atoms with Crippen molar-refractivity contribution in [2.24, 2.45) is 0 Å². The molecule has 5 nitrogen and oxygen atoms in total. The number of nitrogen functional groups attached to an aromatic ring is 1. The predicted molar refractivity (Wildman–Crippen MR) is 74.4 cm³/mol. The summed E-state index contributed by atoms with van der Waals surface area (Å²) < 4.78 is 13.0. The van der Waals surface area contributed by atoms with Crippen LogP contribution in [0, 0.1) is 0 Å². The number of methoxy groups -OCH3 is 1. The third kappa shape index (κ3) is 1.94. The molecule has 0 saturated carbocycles. The van der Waals surface area contributed by atoms with E-state index in [0.29, 0.717) is 12.6 Å². The number of anilines is 1. The summed E-state index contributed by atoms with van der Waals surface area (Å²) in [7, 11) is 1.65. The van der Waals surface area contributed by atoms with Crippen molar-refractivity contribution in [3.63, 3.8) is 0 Å². The molecular formula is C14H19N3O2. The van der Waals surface area contributed by atoms with Crippen molar-refractivity contribution < 1.29 is 9.47 Å². The average Bonchev–Trinajstić information content (AvgIpc) is 2.74. The van der Waals surface area contributed by atoms with Crippen molar-refractivity contribution in [3.8, 4) is 5.75 Å². The lowest BCUT2D eigenvalue weighted by Gasteiger charge is -2.35. The fourth-order valence-electron chi connectivity index (χ4n) is 2.87. The van der Waals surface area contributed by atoms with E-state index < -0.39 is 0 Å². The van der Waals surface area contributed by atoms with Gasteiger partial charge in [0.15, 0.2) is 0 Å². The van der Waals surface area contributed by atoms with Gasteiger partial charge in [-0.3, -0.25) is 0 Å². The van der Waals surface area contributed by atoms with Crippen molar-refractivity contribution >= 4 is 17.0 Å². The van der Waals surface area contributed by atoms with Gasteiger partial charge in [0.25, 0.3) is 0 Å². The molecule has 102 valence electrons. The normalized spacial score (nSPS) is 23.7. The summed E-state index contributed by atoms with van der Waals surface area (Å²) in [5.74, 6) is 1.33. The number of nitrogens with two attached hydrogens (primary N) is 1. The van der Waals surface area contributed by atoms with Gasteiger partial charge in [0, 0.05) is 12.7 Å². The fraction of sp³-hybridized carbons (Fsp3) is 0.500. The molecule has 1 aliphatic rings. The van der Waals surface area contributed by atoms with E-state index in [2.05, 4.69) is 16.5 Å². The molecule has 19 heavy (non-hydrogen) atoms. The first-order valence-corrected chi connectivity index (χ1v) is 6.54. The monoisotopic (exact) mass is 261 g/mol. The standard InChI is InChI=1S/C14H19N3O2/c1-14(6-3-7-19-9-14)17-12-5-4-10(18-2)8-11(12)16-13(17)15/h4-5,8H,3,6-7,9H2,1-2H3,(H2,15,16). The maximum Gasteiger partial charge on any atom is 0.201 e. The van der Waals surface area contributed by atoms with Crippen LogP contribution in [0.4, 0.5) is 5.95 Å². The van der Waals surface area contributed by atoms with Crippen LogP contribution in [-0.2, 0) is 10.3 Å². The molecular weight excluding hydrogens is 242 g/mol. The van der Waals surface area contributed by atoms with Gasteiger partial charge in [0.2, 0.25) is 5.95 Å². The minimum Gasteiger partial charge on any atom is -0.497 e. The van der Waals surface area contributed by atoms with Gasteiger partial charge in [-0.05, 0) is 31.9 Å². The third-order valence-corrected chi connectivity index (χ3v) is 3.84. The van der Waals surface area contributed by atoms with Gasteiger partial charge < -0.3 is 19.8 Å². The number of aromatic nitrogens is 2. The Morgan fingerprint density at radius 2 is 2.32 bits per heavy atom. The highest BCUT2D eigenvalue weighted by atomic mass is 16.5. The second kappa shape index (κ2) is 4.42. The lowest BCUT2D eigenvalue weighted by atomic mass is 9.94. The Kier molecular flexibility index (Phi) is 2.86. The largest absolute Gasteiger partial charge is 0.497 e. The molecule has 2 aromatic rings. The zero-order valence-electron chi connectivity index (χ0n) is 11.3. The smallest absolute Gasteiger partial charge is 0.201 e. The zero-order chi connectivity index (χ0) is 13.5. The molecule has 1 unspecified atom stereocenters. The van der Waals surface area contributed by atoms with E-state index >= 15 is 0 Å². The number of ether oxygens (including phenoxy) is 2. The number of imidazole rings is 1. The summed E-state index contributed by atoms with van der Waals surface area (Å²) in [5.41, 5.74) is 7.90. The van der Waals surface area contributed by atoms with Crippen LogP contribution in [0.5, 0.6) is 5.75 Å². The van der Waals surface area contributed by atoms with E-state index in [1.54, 1.807) is 7.11 Å². The molecule has 1 aliphatic heterocycles. The van der Waals surface area contributed by atoms with Crippen LogP contribution in [-0.4, -0.2) is 29.9 Å². The number of nitrogens with zero attached hydrogens (tertiary/aromatic N) is 2. The van der Waals surface area contributed by atoms with Crippen LogP contribution in [0.1, 0.15) is 19.8 Å². The van der Waals surface area contributed by atoms with Gasteiger partial charge in [0.05, 0.1) is 30.3 Å². The van der Waals surface area contributed by atoms with Gasteiger partial charge in [-0.25, -0.2) is 4.98 Å². The van der Waals surface area contributed by atoms with E-state index in [9.17, 15) is 0 Å². The highest BCUT2D eigenvalue weighted by Crippen LogP contribution is 2.34. The Bertz CT molecular complexity index is 600. The van der Waals surface area contributed by atoms with Crippen LogP contribution in [0.15, 0.2) is 18.2 Å². The Morgan fingerprint density at radius 1 is 1.47 bits per heavy atom. The molecule has 1 aromatic carbocycles. The molecule has 0 amide bonds. The molecule has 0 aliphatic carbocycles. The Labute approximate surface area is 112 Å². The van der Waals surface area contributed by atoms with Crippen LogP contribution in [0.3, 0.4) is 0 Å². The first kappa shape index (κ1) is 12.3. The molecule has 2 heterocycles. The van der Waals surface area contributed by atoms with Crippen LogP contribution < -0.4 is 10.5 Å². The molecule has 1 atom stereocenters. The second-order valence-corrected chi connectivity index (χ2v) is 5.31. The predicted octanol–water partition coefficient (Wildman–Crippen LogP) is 2.15. The molecule has 1 saturated heterocycles. The topological polar surface area (TPSA) is 62.3 Å². The fourth-order valence-corrected chi connectivity index (χ4v) is 2.87. The van der Waals surface area contributed by atoms with Crippen LogP contribution in [0.2, 0.25) is 0 Å². The maximum absolute atomic E-state index is 6.12. The number of benzene rings is 1. The summed E-state index contributed by atoms with van der Waals surface area (Å²) in [6.07, 6.45) is 2.10. The first-order chi connectivity index (χ1) is 9.14. The molecule has 2 N–H and O–H groups in total. The van der Waals surface area contributed by atoms with E-state index in [-0.39, 0.29) is 5.54 Å². The summed E-state index contributed by atoms with van der Waals surface area (Å²) in [6.45, 7) is 3.68. The second-order valence-electron chi connectivity index (χ2n) is 5.31. The molecule has 0 spiro atoms. The van der Waals surface area contributed by atoms with Gasteiger partial charge in [-0.2, -0.15) is 0 Å². The van der Waals surface area contributed by atoms with Crippen molar-refractivity contribution in [1.82, 2.24) is 9.55 Å². The van der Waals surface area contributed by atoms with E-state index in [0.717, 1.165) is 36.2 Å². The number of hydrogen-bond donors (Lipinski definition) is 1. The summed E-state index contributed by atoms with van der Waals surface area (Å²) >= 11 is 0. The van der Waals surface area contributed by atoms with Gasteiger partial charge in [-0.15, -0.1) is 0 Å². The molecule has 1 aromatic heterocycles. The quantitative estimate of drug-likeness (QED) is 0.899. The van der Waals surface area contributed by atoms with Crippen molar-refractivity contribution in [2.75, 3.05) is 26.1 Å². The van der Waals surface area contributed by atoms with Crippen molar-refractivity contribution in [1.29, 1.82) is 0 Å². The average molecular weight is 261 g/mol. The lowest BCUT2D eigenvalue weighted by molar-refractivity contribution is 0.0124. The number of hydrogen-bond acceptors (Lipinski definition) is 4. The SMILES string of the molecule is COc1ccc2c(c1)nc(N)n2C1(C)CCCOC1. The van der Waals surface area contributed by atoms with E-state index in [1.165, 1.54) is 0 Å². The van der Waals surface area contributed by atoms with E-state index in [4.69, 9.17) is 15.2 Å². The van der Waals surface area contributed by atoms with E-state index in [1.807, 2.05) is 18.2 Å². The molecule has 3 rings (SSSR count). The third-order valence-electron chi connectivity index (χ3n) is 3.84. The Hall–Kier alpha value is -1.75. The lowest BCUT2D eigenvalue weighted by Crippen LogP contribution is -2.39. The van der Waals surface area contributed by atoms with Gasteiger partial charge >= 0.3 is 0 Å². The molecule has 0 radical (unpaired) electrons. The summed E-state index contributed by atoms with van der Waals surface area (Å²) in [5, 5.41) is 0. The molecule has 0 bridgehead atoms. The van der Waals surface area contributed by atoms with Crippen LogP contribution in [0.25, 0.3) is 11.0 Å². The van der Waals surface area contributed by atoms with Gasteiger partial charge in [0.1, 0.15) is 5.75 Å². The summed E-state index contributed by atoms with van der Waals surface area (Å²) in [4.78, 5) is 4.45. The minimum absolute atomic E-state index is 0.119. The first-order valence-electron chi connectivity index (χ1n) is 6.54. The van der Waals surface area contributed by atoms with Crippen molar-refractivity contribution in [2.45, 2.75) is 25.3 Å². The minimum atomic E-state index is -0.119. The highest BCUT2D eigenvalue weighted by Gasteiger charge is 2.32. The Morgan fingerprint density at radius 3 is 3.00 bits per heavy atom. The van der Waals surface area contributed by atoms with Crippen LogP contribution >= 0.6 is 0 Å². The number of fused-ring (bicyclic) bond motifs is 1. The van der Waals surface area contributed by atoms with Gasteiger partial charge in [-0.1, -0.05) is 0 Å². The summed E-state index contributed by atoms with van der Waals surface area (Å²) in [6, 6.07) is 5.86. The zero-order valence-corrected chi connectivity index (χ0v) is 11.3. The highest BCUT2D eigenvalue weighted by molar-refractivity contribution is 5.80. The van der Waals surface area contributed by atoms with Crippen molar-refractivity contribution in [3.05, 3.63) is 18.2 Å². The Balaban J connectivity index is 2.15. The maximum atomic E-state index is 6.12. The molecule has 5 heteroatoms. The molecule has 1 fully saturated rings. The number of rotatable bonds is 2.